The second-order valence-electron chi connectivity index (χ2n) is 5.70. The maximum atomic E-state index is 12.2. The van der Waals surface area contributed by atoms with E-state index in [1.165, 1.54) is 6.20 Å². The van der Waals surface area contributed by atoms with Crippen LogP contribution in [-0.2, 0) is 0 Å². The number of benzene rings is 1. The van der Waals surface area contributed by atoms with Crippen molar-refractivity contribution >= 4 is 28.4 Å². The number of pyridine rings is 2. The van der Waals surface area contributed by atoms with Gasteiger partial charge in [0.1, 0.15) is 11.6 Å². The van der Waals surface area contributed by atoms with Gasteiger partial charge in [-0.15, -0.1) is 0 Å². The van der Waals surface area contributed by atoms with Crippen molar-refractivity contribution in [3.8, 4) is 11.4 Å². The van der Waals surface area contributed by atoms with Crippen molar-refractivity contribution in [2.45, 2.75) is 0 Å². The second-order valence-corrected chi connectivity index (χ2v) is 5.70. The average molecular weight is 344 g/mol. The fourth-order valence-electron chi connectivity index (χ4n) is 2.59. The number of rotatable bonds is 4. The molecular weight excluding hydrogens is 328 g/mol. The molecule has 0 saturated heterocycles. The van der Waals surface area contributed by atoms with Crippen molar-refractivity contribution in [2.75, 3.05) is 17.7 Å². The third kappa shape index (κ3) is 3.10. The van der Waals surface area contributed by atoms with Crippen molar-refractivity contribution in [2.24, 2.45) is 0 Å². The van der Waals surface area contributed by atoms with E-state index < -0.39 is 0 Å². The first-order valence-corrected chi connectivity index (χ1v) is 8.08. The molecule has 4 rings (SSSR count). The van der Waals surface area contributed by atoms with Crippen molar-refractivity contribution in [1.82, 2.24) is 19.9 Å². The Hall–Kier alpha value is -3.74. The molecule has 128 valence electrons. The summed E-state index contributed by atoms with van der Waals surface area (Å²) in [5.74, 6) is 1.32. The highest BCUT2D eigenvalue weighted by Crippen LogP contribution is 2.23. The van der Waals surface area contributed by atoms with Gasteiger partial charge in [0.2, 0.25) is 0 Å². The minimum Gasteiger partial charge on any atom is -0.373 e. The van der Waals surface area contributed by atoms with E-state index >= 15 is 0 Å². The number of carbonyl (C=O) groups excluding carboxylic acids is 1. The number of aromatic nitrogens is 4. The Morgan fingerprint density at radius 1 is 1.12 bits per heavy atom. The van der Waals surface area contributed by atoms with Crippen LogP contribution in [0.2, 0.25) is 0 Å². The largest absolute Gasteiger partial charge is 0.373 e. The summed E-state index contributed by atoms with van der Waals surface area (Å²) in [6.07, 6.45) is 4.92. The molecule has 3 heterocycles. The number of carbonyl (C=O) groups is 1. The molecule has 3 aromatic heterocycles. The van der Waals surface area contributed by atoms with Crippen LogP contribution in [0.5, 0.6) is 0 Å². The molecule has 0 saturated carbocycles. The van der Waals surface area contributed by atoms with Crippen molar-refractivity contribution < 1.29 is 4.79 Å². The van der Waals surface area contributed by atoms with Crippen LogP contribution in [0.15, 0.2) is 61.1 Å². The Bertz CT molecular complexity index is 1060. The molecule has 0 aliphatic heterocycles. The standard InChI is InChI=1S/C19H16N6O/c1-20-17-9-15-16(11-22-17)25-18(24-15)12-4-6-14(7-5-12)23-19(26)13-3-2-8-21-10-13/h2-11H,1H3,(H,20,22)(H,23,26)(H,24,25). The minimum atomic E-state index is -0.194. The lowest BCUT2D eigenvalue weighted by Crippen LogP contribution is -2.11. The van der Waals surface area contributed by atoms with Crippen LogP contribution in [-0.4, -0.2) is 32.9 Å². The number of aromatic amines is 1. The number of nitrogens with zero attached hydrogens (tertiary/aromatic N) is 3. The normalized spacial score (nSPS) is 10.7. The summed E-state index contributed by atoms with van der Waals surface area (Å²) >= 11 is 0. The van der Waals surface area contributed by atoms with Crippen molar-refractivity contribution in [1.29, 1.82) is 0 Å². The molecule has 0 aliphatic rings. The SMILES string of the molecule is CNc1cc2nc(-c3ccc(NC(=O)c4cccnc4)cc3)[nH]c2cn1. The molecule has 0 aliphatic carbocycles. The summed E-state index contributed by atoms with van der Waals surface area (Å²) in [5, 5.41) is 5.85. The molecular formula is C19H16N6O. The molecule has 0 atom stereocenters. The molecule has 3 N–H and O–H groups in total. The lowest BCUT2D eigenvalue weighted by atomic mass is 10.2. The van der Waals surface area contributed by atoms with E-state index in [0.717, 1.165) is 28.2 Å². The Balaban J connectivity index is 1.55. The lowest BCUT2D eigenvalue weighted by Gasteiger charge is -2.05. The summed E-state index contributed by atoms with van der Waals surface area (Å²) < 4.78 is 0. The first-order chi connectivity index (χ1) is 12.7. The first-order valence-electron chi connectivity index (χ1n) is 8.08. The molecule has 0 spiro atoms. The van der Waals surface area contributed by atoms with Gasteiger partial charge in [0, 0.05) is 36.8 Å². The van der Waals surface area contributed by atoms with Gasteiger partial charge in [-0.1, -0.05) is 0 Å². The van der Waals surface area contributed by atoms with Crippen LogP contribution in [0.3, 0.4) is 0 Å². The molecule has 4 aromatic rings. The fraction of sp³-hybridized carbons (Fsp3) is 0.0526. The predicted molar refractivity (Wildman–Crippen MR) is 101 cm³/mol. The average Bonchev–Trinajstić information content (AvgIpc) is 3.12. The van der Waals surface area contributed by atoms with Crippen LogP contribution >= 0.6 is 0 Å². The van der Waals surface area contributed by atoms with Gasteiger partial charge in [-0.2, -0.15) is 0 Å². The van der Waals surface area contributed by atoms with E-state index in [1.54, 1.807) is 24.5 Å². The number of nitrogens with one attached hydrogen (secondary N) is 3. The maximum absolute atomic E-state index is 12.2. The van der Waals surface area contributed by atoms with E-state index in [-0.39, 0.29) is 5.91 Å². The summed E-state index contributed by atoms with van der Waals surface area (Å²) in [6.45, 7) is 0. The third-order valence-electron chi connectivity index (χ3n) is 3.96. The van der Waals surface area contributed by atoms with Crippen molar-refractivity contribution in [3.05, 3.63) is 66.6 Å². The van der Waals surface area contributed by atoms with Crippen LogP contribution in [0.4, 0.5) is 11.5 Å². The van der Waals surface area contributed by atoms with Gasteiger partial charge in [-0.3, -0.25) is 9.78 Å². The monoisotopic (exact) mass is 344 g/mol. The molecule has 0 fully saturated rings. The molecule has 1 aromatic carbocycles. The van der Waals surface area contributed by atoms with Gasteiger partial charge in [0.25, 0.3) is 5.91 Å². The van der Waals surface area contributed by atoms with E-state index in [1.807, 2.05) is 37.4 Å². The van der Waals surface area contributed by atoms with Crippen molar-refractivity contribution in [3.63, 3.8) is 0 Å². The highest BCUT2D eigenvalue weighted by atomic mass is 16.1. The Kier molecular flexibility index (Phi) is 4.03. The van der Waals surface area contributed by atoms with Crippen LogP contribution in [0.25, 0.3) is 22.4 Å². The molecule has 0 unspecified atom stereocenters. The van der Waals surface area contributed by atoms with Gasteiger partial charge >= 0.3 is 0 Å². The Morgan fingerprint density at radius 3 is 2.69 bits per heavy atom. The van der Waals surface area contributed by atoms with Crippen LogP contribution in [0.1, 0.15) is 10.4 Å². The smallest absolute Gasteiger partial charge is 0.257 e. The molecule has 0 bridgehead atoms. The second kappa shape index (κ2) is 6.64. The summed E-state index contributed by atoms with van der Waals surface area (Å²) in [7, 11) is 1.82. The quantitative estimate of drug-likeness (QED) is 0.528. The molecule has 1 amide bonds. The van der Waals surface area contributed by atoms with E-state index in [9.17, 15) is 4.79 Å². The Labute approximate surface area is 149 Å². The number of fused-ring (bicyclic) bond motifs is 1. The highest BCUT2D eigenvalue weighted by molar-refractivity contribution is 6.04. The number of H-pyrrole nitrogens is 1. The molecule has 0 radical (unpaired) electrons. The summed E-state index contributed by atoms with van der Waals surface area (Å²) in [6, 6.07) is 12.8. The van der Waals surface area contributed by atoms with E-state index in [4.69, 9.17) is 0 Å². The summed E-state index contributed by atoms with van der Waals surface area (Å²) in [4.78, 5) is 28.2. The zero-order valence-electron chi connectivity index (χ0n) is 14.0. The number of amides is 1. The number of hydrogen-bond donors (Lipinski definition) is 3. The van der Waals surface area contributed by atoms with Gasteiger partial charge in [-0.05, 0) is 36.4 Å². The predicted octanol–water partition coefficient (Wildman–Crippen LogP) is 3.31. The minimum absolute atomic E-state index is 0.194. The van der Waals surface area contributed by atoms with E-state index in [2.05, 4.69) is 30.6 Å². The van der Waals surface area contributed by atoms with E-state index in [0.29, 0.717) is 11.3 Å². The van der Waals surface area contributed by atoms with Crippen LogP contribution in [0, 0.1) is 0 Å². The first kappa shape index (κ1) is 15.8. The maximum Gasteiger partial charge on any atom is 0.257 e. The Morgan fingerprint density at radius 2 is 1.96 bits per heavy atom. The van der Waals surface area contributed by atoms with Gasteiger partial charge < -0.3 is 15.6 Å². The molecule has 7 heteroatoms. The fourth-order valence-corrected chi connectivity index (χ4v) is 2.59. The molecule has 26 heavy (non-hydrogen) atoms. The zero-order valence-corrected chi connectivity index (χ0v) is 14.0. The summed E-state index contributed by atoms with van der Waals surface area (Å²) in [5.41, 5.74) is 3.85. The van der Waals surface area contributed by atoms with Crippen LogP contribution < -0.4 is 10.6 Å². The number of imidazole rings is 1. The van der Waals surface area contributed by atoms with Gasteiger partial charge in [0.05, 0.1) is 22.8 Å². The molecule has 7 nitrogen and oxygen atoms in total. The number of anilines is 2. The topological polar surface area (TPSA) is 95.6 Å². The number of hydrogen-bond acceptors (Lipinski definition) is 5. The van der Waals surface area contributed by atoms with Gasteiger partial charge in [-0.25, -0.2) is 9.97 Å². The zero-order chi connectivity index (χ0) is 17.9. The third-order valence-corrected chi connectivity index (χ3v) is 3.96. The highest BCUT2D eigenvalue weighted by Gasteiger charge is 2.08. The van der Waals surface area contributed by atoms with Gasteiger partial charge in [0.15, 0.2) is 0 Å². The lowest BCUT2D eigenvalue weighted by molar-refractivity contribution is 0.102.